The maximum Gasteiger partial charge on any atom is 0.225 e. The highest BCUT2D eigenvalue weighted by Crippen LogP contribution is 2.15. The number of aryl methyl sites for hydroxylation is 1. The quantitative estimate of drug-likeness (QED) is 0.837. The molecule has 88 valence electrons. The van der Waals surface area contributed by atoms with Crippen molar-refractivity contribution >= 4 is 17.2 Å². The van der Waals surface area contributed by atoms with Gasteiger partial charge in [-0.3, -0.25) is 4.79 Å². The second-order valence-corrected chi connectivity index (χ2v) is 5.67. The van der Waals surface area contributed by atoms with E-state index in [2.05, 4.69) is 23.6 Å². The van der Waals surface area contributed by atoms with Gasteiger partial charge in [0.25, 0.3) is 0 Å². The number of carbonyl (C=O) groups is 1. The van der Waals surface area contributed by atoms with E-state index < -0.39 is 0 Å². The third-order valence-corrected chi connectivity index (χ3v) is 3.79. The number of thiophene rings is 1. The van der Waals surface area contributed by atoms with E-state index in [1.807, 2.05) is 6.07 Å². The minimum Gasteiger partial charge on any atom is -0.352 e. The summed E-state index contributed by atoms with van der Waals surface area (Å²) in [5, 5.41) is 6.38. The van der Waals surface area contributed by atoms with Gasteiger partial charge in [0, 0.05) is 22.3 Å². The molecule has 1 unspecified atom stereocenters. The predicted molar refractivity (Wildman–Crippen MR) is 66.8 cm³/mol. The smallest absolute Gasteiger partial charge is 0.225 e. The van der Waals surface area contributed by atoms with E-state index in [0.717, 1.165) is 30.8 Å². The molecule has 1 atom stereocenters. The first-order valence-corrected chi connectivity index (χ1v) is 6.61. The molecule has 0 saturated carbocycles. The Balaban J connectivity index is 1.79. The van der Waals surface area contributed by atoms with Gasteiger partial charge in [-0.2, -0.15) is 0 Å². The van der Waals surface area contributed by atoms with Gasteiger partial charge in [-0.05, 0) is 38.4 Å². The van der Waals surface area contributed by atoms with E-state index in [9.17, 15) is 4.79 Å². The van der Waals surface area contributed by atoms with Crippen LogP contribution in [0.4, 0.5) is 0 Å². The monoisotopic (exact) mass is 238 g/mol. The van der Waals surface area contributed by atoms with Gasteiger partial charge in [-0.1, -0.05) is 0 Å². The lowest BCUT2D eigenvalue weighted by Gasteiger charge is -2.23. The summed E-state index contributed by atoms with van der Waals surface area (Å²) in [5.74, 6) is 0.149. The van der Waals surface area contributed by atoms with E-state index in [0.29, 0.717) is 12.5 Å². The molecule has 2 heterocycles. The molecule has 0 bridgehead atoms. The van der Waals surface area contributed by atoms with Gasteiger partial charge in [0.15, 0.2) is 0 Å². The molecule has 16 heavy (non-hydrogen) atoms. The zero-order valence-corrected chi connectivity index (χ0v) is 10.4. The zero-order chi connectivity index (χ0) is 11.4. The summed E-state index contributed by atoms with van der Waals surface area (Å²) in [4.78, 5) is 14.2. The summed E-state index contributed by atoms with van der Waals surface area (Å²) >= 11 is 1.70. The van der Waals surface area contributed by atoms with Crippen molar-refractivity contribution in [2.24, 2.45) is 0 Å². The second-order valence-electron chi connectivity index (χ2n) is 4.30. The molecule has 0 radical (unpaired) electrons. The second kappa shape index (κ2) is 5.46. The summed E-state index contributed by atoms with van der Waals surface area (Å²) in [6.07, 6.45) is 2.78. The minimum atomic E-state index is 0.149. The van der Waals surface area contributed by atoms with Gasteiger partial charge >= 0.3 is 0 Å². The number of amides is 1. The zero-order valence-electron chi connectivity index (χ0n) is 9.58. The lowest BCUT2D eigenvalue weighted by molar-refractivity contribution is -0.121. The maximum atomic E-state index is 11.8. The van der Waals surface area contributed by atoms with Crippen molar-refractivity contribution in [3.8, 4) is 0 Å². The molecular formula is C12H18N2OS. The van der Waals surface area contributed by atoms with Crippen LogP contribution in [0.25, 0.3) is 0 Å². The first-order valence-electron chi connectivity index (χ1n) is 5.79. The third kappa shape index (κ3) is 3.32. The molecule has 3 nitrogen and oxygen atoms in total. The van der Waals surface area contributed by atoms with Gasteiger partial charge in [-0.25, -0.2) is 0 Å². The summed E-state index contributed by atoms with van der Waals surface area (Å²) < 4.78 is 0. The molecule has 1 aromatic heterocycles. The molecule has 1 aliphatic heterocycles. The van der Waals surface area contributed by atoms with Crippen LogP contribution in [0, 0.1) is 6.92 Å². The molecule has 1 saturated heterocycles. The number of hydrogen-bond acceptors (Lipinski definition) is 3. The highest BCUT2D eigenvalue weighted by atomic mass is 32.1. The van der Waals surface area contributed by atoms with Crippen LogP contribution in [0.3, 0.4) is 0 Å². The van der Waals surface area contributed by atoms with Crippen LogP contribution in [0.15, 0.2) is 12.1 Å². The summed E-state index contributed by atoms with van der Waals surface area (Å²) in [5.41, 5.74) is 0. The van der Waals surface area contributed by atoms with Crippen LogP contribution in [0.2, 0.25) is 0 Å². The van der Waals surface area contributed by atoms with Crippen molar-refractivity contribution < 1.29 is 4.79 Å². The van der Waals surface area contributed by atoms with Crippen LogP contribution in [0.5, 0.6) is 0 Å². The lowest BCUT2D eigenvalue weighted by Crippen LogP contribution is -2.46. The standard InChI is InChI=1S/C12H18N2OS/c1-9-4-5-11(16-9)7-12(15)14-10-3-2-6-13-8-10/h4-5,10,13H,2-3,6-8H2,1H3,(H,14,15). The van der Waals surface area contributed by atoms with Crippen LogP contribution >= 0.6 is 11.3 Å². The fraction of sp³-hybridized carbons (Fsp3) is 0.583. The lowest BCUT2D eigenvalue weighted by atomic mass is 10.1. The van der Waals surface area contributed by atoms with Crippen molar-refractivity contribution in [3.63, 3.8) is 0 Å². The maximum absolute atomic E-state index is 11.8. The Bertz CT molecular complexity index is 356. The van der Waals surface area contributed by atoms with Crippen LogP contribution in [-0.2, 0) is 11.2 Å². The molecule has 2 N–H and O–H groups in total. The molecule has 1 aromatic rings. The number of carbonyl (C=O) groups excluding carboxylic acids is 1. The Morgan fingerprint density at radius 1 is 1.62 bits per heavy atom. The highest BCUT2D eigenvalue weighted by molar-refractivity contribution is 7.12. The summed E-state index contributed by atoms with van der Waals surface area (Å²) in [6.45, 7) is 4.06. The van der Waals surface area contributed by atoms with Gasteiger partial charge in [0.05, 0.1) is 6.42 Å². The molecule has 1 aliphatic rings. The van der Waals surface area contributed by atoms with E-state index in [-0.39, 0.29) is 5.91 Å². The molecule has 2 rings (SSSR count). The van der Waals surface area contributed by atoms with Crippen molar-refractivity contribution in [2.45, 2.75) is 32.2 Å². The SMILES string of the molecule is Cc1ccc(CC(=O)NC2CCCNC2)s1. The first kappa shape index (κ1) is 11.6. The van der Waals surface area contributed by atoms with Gasteiger partial charge in [-0.15, -0.1) is 11.3 Å². The Morgan fingerprint density at radius 3 is 3.12 bits per heavy atom. The van der Waals surface area contributed by atoms with Crippen molar-refractivity contribution in [3.05, 3.63) is 21.9 Å². The number of rotatable bonds is 3. The van der Waals surface area contributed by atoms with Crippen molar-refractivity contribution in [1.82, 2.24) is 10.6 Å². The van der Waals surface area contributed by atoms with Crippen LogP contribution < -0.4 is 10.6 Å². The largest absolute Gasteiger partial charge is 0.352 e. The van der Waals surface area contributed by atoms with Crippen LogP contribution in [0.1, 0.15) is 22.6 Å². The van der Waals surface area contributed by atoms with Crippen molar-refractivity contribution in [1.29, 1.82) is 0 Å². The summed E-state index contributed by atoms with van der Waals surface area (Å²) in [7, 11) is 0. The Labute approximate surface area is 100 Å². The summed E-state index contributed by atoms with van der Waals surface area (Å²) in [6, 6.07) is 4.43. The minimum absolute atomic E-state index is 0.149. The van der Waals surface area contributed by atoms with Gasteiger partial charge < -0.3 is 10.6 Å². The molecular weight excluding hydrogens is 220 g/mol. The number of piperidine rings is 1. The highest BCUT2D eigenvalue weighted by Gasteiger charge is 2.15. The third-order valence-electron chi connectivity index (χ3n) is 2.79. The molecule has 4 heteroatoms. The van der Waals surface area contributed by atoms with Gasteiger partial charge in [0.2, 0.25) is 5.91 Å². The van der Waals surface area contributed by atoms with E-state index in [4.69, 9.17) is 0 Å². The Kier molecular flexibility index (Phi) is 3.96. The average molecular weight is 238 g/mol. The fourth-order valence-corrected chi connectivity index (χ4v) is 2.88. The molecule has 1 fully saturated rings. The average Bonchev–Trinajstić information content (AvgIpc) is 2.65. The topological polar surface area (TPSA) is 41.1 Å². The normalized spacial score (nSPS) is 20.7. The molecule has 0 aliphatic carbocycles. The van der Waals surface area contributed by atoms with Crippen LogP contribution in [-0.4, -0.2) is 25.0 Å². The molecule has 0 aromatic carbocycles. The van der Waals surface area contributed by atoms with E-state index >= 15 is 0 Å². The van der Waals surface area contributed by atoms with Gasteiger partial charge in [0.1, 0.15) is 0 Å². The number of hydrogen-bond donors (Lipinski definition) is 2. The first-order chi connectivity index (χ1) is 7.74. The molecule has 1 amide bonds. The molecule has 0 spiro atoms. The Hall–Kier alpha value is -0.870. The van der Waals surface area contributed by atoms with E-state index in [1.54, 1.807) is 11.3 Å². The fourth-order valence-electron chi connectivity index (χ4n) is 1.99. The predicted octanol–water partition coefficient (Wildman–Crippen LogP) is 1.47. The van der Waals surface area contributed by atoms with Crippen molar-refractivity contribution in [2.75, 3.05) is 13.1 Å². The van der Waals surface area contributed by atoms with E-state index in [1.165, 1.54) is 4.88 Å². The Morgan fingerprint density at radius 2 is 2.50 bits per heavy atom. The number of nitrogens with one attached hydrogen (secondary N) is 2.